The van der Waals surface area contributed by atoms with Crippen molar-refractivity contribution in [3.63, 3.8) is 0 Å². The van der Waals surface area contributed by atoms with Gasteiger partial charge in [0.15, 0.2) is 5.82 Å². The quantitative estimate of drug-likeness (QED) is 0.738. The Morgan fingerprint density at radius 1 is 1.33 bits per heavy atom. The summed E-state index contributed by atoms with van der Waals surface area (Å²) in [5.41, 5.74) is 2.77. The third-order valence-corrected chi connectivity index (χ3v) is 4.71. The first-order chi connectivity index (χ1) is 13.1. The minimum atomic E-state index is -0.0356. The Balaban J connectivity index is 1.74. The molecule has 1 atom stereocenters. The van der Waals surface area contributed by atoms with Crippen LogP contribution in [-0.4, -0.2) is 42.3 Å². The van der Waals surface area contributed by atoms with Gasteiger partial charge >= 0.3 is 0 Å². The van der Waals surface area contributed by atoms with Gasteiger partial charge in [-0.3, -0.25) is 9.78 Å². The summed E-state index contributed by atoms with van der Waals surface area (Å²) in [6, 6.07) is 3.75. The topological polar surface area (TPSA) is 99.7 Å². The molecule has 0 radical (unpaired) electrons. The number of imidazole rings is 1. The number of aromatic amines is 1. The van der Waals surface area contributed by atoms with Gasteiger partial charge in [-0.1, -0.05) is 0 Å². The molecule has 1 amide bonds. The van der Waals surface area contributed by atoms with Gasteiger partial charge in [-0.2, -0.15) is 0 Å². The molecule has 3 aromatic heterocycles. The van der Waals surface area contributed by atoms with E-state index in [-0.39, 0.29) is 11.9 Å². The van der Waals surface area contributed by atoms with Gasteiger partial charge in [0.2, 0.25) is 5.91 Å². The van der Waals surface area contributed by atoms with E-state index in [1.165, 1.54) is 0 Å². The predicted octanol–water partition coefficient (Wildman–Crippen LogP) is 2.34. The Bertz CT molecular complexity index is 940. The van der Waals surface area contributed by atoms with E-state index in [0.29, 0.717) is 18.9 Å². The minimum absolute atomic E-state index is 0.0356. The Morgan fingerprint density at radius 3 is 2.93 bits per heavy atom. The van der Waals surface area contributed by atoms with E-state index in [1.54, 1.807) is 31.7 Å². The monoisotopic (exact) mass is 363 g/mol. The summed E-state index contributed by atoms with van der Waals surface area (Å²) in [6.45, 7) is 4.78. The van der Waals surface area contributed by atoms with E-state index in [2.05, 4.69) is 20.3 Å². The van der Waals surface area contributed by atoms with Crippen molar-refractivity contribution >= 4 is 11.7 Å². The summed E-state index contributed by atoms with van der Waals surface area (Å²) in [6.07, 6.45) is 7.71. The fourth-order valence-electron chi connectivity index (χ4n) is 3.23. The van der Waals surface area contributed by atoms with Crippen molar-refractivity contribution < 1.29 is 4.79 Å². The fourth-order valence-corrected chi connectivity index (χ4v) is 3.23. The molecule has 1 aliphatic rings. The number of fused-ring (bicyclic) bond motifs is 1. The molecule has 0 saturated heterocycles. The molecule has 1 aliphatic heterocycles. The lowest BCUT2D eigenvalue weighted by Gasteiger charge is -2.29. The van der Waals surface area contributed by atoms with Gasteiger partial charge in [0.05, 0.1) is 18.3 Å². The summed E-state index contributed by atoms with van der Waals surface area (Å²) in [5.74, 6) is 2.28. The highest BCUT2D eigenvalue weighted by Gasteiger charge is 2.25. The van der Waals surface area contributed by atoms with Crippen LogP contribution in [0.4, 0.5) is 5.82 Å². The minimum Gasteiger partial charge on any atom is -0.360 e. The molecule has 0 spiro atoms. The molecule has 8 nitrogen and oxygen atoms in total. The van der Waals surface area contributed by atoms with Crippen molar-refractivity contribution in [3.8, 4) is 11.4 Å². The number of pyridine rings is 1. The summed E-state index contributed by atoms with van der Waals surface area (Å²) < 4.78 is 0. The van der Waals surface area contributed by atoms with Crippen LogP contribution in [0, 0.1) is 0 Å². The van der Waals surface area contributed by atoms with E-state index < -0.39 is 0 Å². The van der Waals surface area contributed by atoms with Crippen molar-refractivity contribution in [1.29, 1.82) is 0 Å². The third-order valence-electron chi connectivity index (χ3n) is 4.71. The van der Waals surface area contributed by atoms with Gasteiger partial charge in [0, 0.05) is 49.4 Å². The molecule has 0 unspecified atom stereocenters. The molecule has 27 heavy (non-hydrogen) atoms. The van der Waals surface area contributed by atoms with Crippen LogP contribution in [0.5, 0.6) is 0 Å². The van der Waals surface area contributed by atoms with E-state index in [4.69, 9.17) is 9.97 Å². The van der Waals surface area contributed by atoms with Crippen LogP contribution in [0.1, 0.15) is 37.0 Å². The van der Waals surface area contributed by atoms with Crippen molar-refractivity contribution in [2.75, 3.05) is 11.9 Å². The lowest BCUT2D eigenvalue weighted by atomic mass is 10.0. The third kappa shape index (κ3) is 3.51. The van der Waals surface area contributed by atoms with Crippen LogP contribution in [0.3, 0.4) is 0 Å². The van der Waals surface area contributed by atoms with Gasteiger partial charge in [-0.15, -0.1) is 0 Å². The SMILES string of the molecule is CC(=O)N1CCc2c(nc(-c3cccnc3)nc2N[C@@H](C)c2ncc[nH]2)C1. The zero-order valence-corrected chi connectivity index (χ0v) is 15.3. The number of nitrogens with one attached hydrogen (secondary N) is 2. The second-order valence-corrected chi connectivity index (χ2v) is 6.59. The van der Waals surface area contributed by atoms with Gasteiger partial charge < -0.3 is 15.2 Å². The van der Waals surface area contributed by atoms with E-state index in [0.717, 1.165) is 34.9 Å². The Labute approximate surface area is 157 Å². The molecular formula is C19H21N7O. The molecule has 0 aliphatic carbocycles. The molecule has 3 aromatic rings. The van der Waals surface area contributed by atoms with Crippen molar-refractivity contribution in [2.45, 2.75) is 32.9 Å². The Kier molecular flexibility index (Phi) is 4.53. The highest BCUT2D eigenvalue weighted by atomic mass is 16.2. The number of anilines is 1. The van der Waals surface area contributed by atoms with Crippen LogP contribution in [0.15, 0.2) is 36.9 Å². The van der Waals surface area contributed by atoms with Crippen LogP contribution < -0.4 is 5.32 Å². The number of hydrogen-bond donors (Lipinski definition) is 2. The fraction of sp³-hybridized carbons (Fsp3) is 0.316. The molecule has 4 heterocycles. The Hall–Kier alpha value is -3.29. The second kappa shape index (κ2) is 7.14. The maximum Gasteiger partial charge on any atom is 0.219 e. The molecule has 4 rings (SSSR count). The van der Waals surface area contributed by atoms with E-state index >= 15 is 0 Å². The van der Waals surface area contributed by atoms with Gasteiger partial charge in [-0.25, -0.2) is 15.0 Å². The average molecular weight is 363 g/mol. The van der Waals surface area contributed by atoms with Crippen LogP contribution in [0.25, 0.3) is 11.4 Å². The lowest BCUT2D eigenvalue weighted by Crippen LogP contribution is -2.35. The average Bonchev–Trinajstić information content (AvgIpc) is 3.23. The largest absolute Gasteiger partial charge is 0.360 e. The van der Waals surface area contributed by atoms with E-state index in [9.17, 15) is 4.79 Å². The summed E-state index contributed by atoms with van der Waals surface area (Å²) >= 11 is 0. The first kappa shape index (κ1) is 17.1. The highest BCUT2D eigenvalue weighted by molar-refractivity contribution is 5.74. The maximum absolute atomic E-state index is 11.8. The molecule has 0 aromatic carbocycles. The van der Waals surface area contributed by atoms with Crippen LogP contribution >= 0.6 is 0 Å². The molecule has 0 saturated carbocycles. The molecule has 8 heteroatoms. The van der Waals surface area contributed by atoms with Crippen LogP contribution in [0.2, 0.25) is 0 Å². The number of carbonyl (C=O) groups excluding carboxylic acids is 1. The van der Waals surface area contributed by atoms with Gasteiger partial charge in [0.1, 0.15) is 11.6 Å². The number of hydrogen-bond acceptors (Lipinski definition) is 6. The first-order valence-corrected chi connectivity index (χ1v) is 8.93. The lowest BCUT2D eigenvalue weighted by molar-refractivity contribution is -0.129. The smallest absolute Gasteiger partial charge is 0.219 e. The number of H-pyrrole nitrogens is 1. The van der Waals surface area contributed by atoms with Crippen molar-refractivity contribution in [3.05, 3.63) is 54.0 Å². The van der Waals surface area contributed by atoms with Crippen molar-refractivity contribution in [2.24, 2.45) is 0 Å². The van der Waals surface area contributed by atoms with Gasteiger partial charge in [-0.05, 0) is 25.5 Å². The van der Waals surface area contributed by atoms with Crippen molar-refractivity contribution in [1.82, 2.24) is 29.8 Å². The number of carbonyl (C=O) groups is 1. The highest BCUT2D eigenvalue weighted by Crippen LogP contribution is 2.29. The standard InChI is InChI=1S/C19H21N7O/c1-12(17-21-7-8-22-17)23-19-15-5-9-26(13(2)27)11-16(15)24-18(25-19)14-4-3-6-20-10-14/h3-4,6-8,10,12H,5,9,11H2,1-2H3,(H,21,22)(H,23,24,25)/t12-/m0/s1. The van der Waals surface area contributed by atoms with E-state index in [1.807, 2.05) is 24.0 Å². The van der Waals surface area contributed by atoms with Crippen LogP contribution in [-0.2, 0) is 17.8 Å². The predicted molar refractivity (Wildman–Crippen MR) is 101 cm³/mol. The number of rotatable bonds is 4. The molecular weight excluding hydrogens is 342 g/mol. The number of nitrogens with zero attached hydrogens (tertiary/aromatic N) is 5. The molecule has 0 bridgehead atoms. The first-order valence-electron chi connectivity index (χ1n) is 8.93. The number of amides is 1. The normalized spacial score (nSPS) is 14.5. The second-order valence-electron chi connectivity index (χ2n) is 6.59. The molecule has 2 N–H and O–H groups in total. The zero-order chi connectivity index (χ0) is 18.8. The molecule has 138 valence electrons. The maximum atomic E-state index is 11.8. The van der Waals surface area contributed by atoms with Gasteiger partial charge in [0.25, 0.3) is 0 Å². The number of aromatic nitrogens is 5. The zero-order valence-electron chi connectivity index (χ0n) is 15.3. The summed E-state index contributed by atoms with van der Waals surface area (Å²) in [5, 5.41) is 3.46. The summed E-state index contributed by atoms with van der Waals surface area (Å²) in [7, 11) is 0. The summed E-state index contributed by atoms with van der Waals surface area (Å²) in [4.78, 5) is 34.7. The molecule has 0 fully saturated rings. The Morgan fingerprint density at radius 2 is 2.22 bits per heavy atom.